The molecule has 0 bridgehead atoms. The maximum atomic E-state index is 4.48. The van der Waals surface area contributed by atoms with Crippen LogP contribution in [-0.4, -0.2) is 22.4 Å². The van der Waals surface area contributed by atoms with Crippen molar-refractivity contribution in [1.29, 1.82) is 0 Å². The molecule has 0 spiro atoms. The highest BCUT2D eigenvalue weighted by Crippen LogP contribution is 2.22. The van der Waals surface area contributed by atoms with Gasteiger partial charge in [-0.2, -0.15) is 0 Å². The zero-order chi connectivity index (χ0) is 13.1. The van der Waals surface area contributed by atoms with Crippen LogP contribution in [0.1, 0.15) is 5.56 Å². The van der Waals surface area contributed by atoms with Crippen LogP contribution in [0.15, 0.2) is 58.7 Å². The van der Waals surface area contributed by atoms with Crippen molar-refractivity contribution in [3.63, 3.8) is 0 Å². The van der Waals surface area contributed by atoms with Crippen molar-refractivity contribution in [2.75, 3.05) is 6.26 Å². The summed E-state index contributed by atoms with van der Waals surface area (Å²) in [6.07, 6.45) is 3.87. The fraction of sp³-hybridized carbons (Fsp3) is 0.0667. The fourth-order valence-corrected chi connectivity index (χ4v) is 2.24. The Balaban J connectivity index is 1.91. The van der Waals surface area contributed by atoms with E-state index in [2.05, 4.69) is 15.0 Å². The molecule has 1 heterocycles. The zero-order valence-corrected chi connectivity index (χ0v) is 11.3. The minimum Gasteiger partial charge on any atom is -0.333 e. The average Bonchev–Trinajstić information content (AvgIpc) is 2.88. The number of H-pyrrole nitrogens is 1. The molecular weight excluding hydrogens is 254 g/mol. The van der Waals surface area contributed by atoms with Crippen molar-refractivity contribution < 1.29 is 0 Å². The number of benzene rings is 2. The summed E-state index contributed by atoms with van der Waals surface area (Å²) in [4.78, 5) is 12.2. The van der Waals surface area contributed by atoms with Gasteiger partial charge >= 0.3 is 0 Å². The number of nitrogens with one attached hydrogen (secondary N) is 1. The Kier molecular flexibility index (Phi) is 3.33. The second kappa shape index (κ2) is 5.28. The molecule has 4 heteroatoms. The lowest BCUT2D eigenvalue weighted by molar-refractivity contribution is 1.09. The monoisotopic (exact) mass is 267 g/mol. The van der Waals surface area contributed by atoms with Gasteiger partial charge in [0.2, 0.25) is 0 Å². The molecule has 94 valence electrons. The average molecular weight is 267 g/mol. The molecule has 1 aromatic heterocycles. The lowest BCUT2D eigenvalue weighted by atomic mass is 10.2. The number of rotatable bonds is 3. The molecule has 2 aromatic carbocycles. The number of fused-ring (bicyclic) bond motifs is 1. The molecule has 0 saturated carbocycles. The highest BCUT2D eigenvalue weighted by atomic mass is 32.2. The normalized spacial score (nSPS) is 11.4. The van der Waals surface area contributed by atoms with E-state index >= 15 is 0 Å². The molecular formula is C15H13N3S. The van der Waals surface area contributed by atoms with Gasteiger partial charge in [0.15, 0.2) is 5.16 Å². The highest BCUT2D eigenvalue weighted by molar-refractivity contribution is 7.98. The summed E-state index contributed by atoms with van der Waals surface area (Å²) in [6, 6.07) is 16.1. The standard InChI is InChI=1S/C15H13N3S/c1-19-15-17-13-8-7-12(9-14(13)18-15)16-10-11-5-3-2-4-6-11/h2-10H,1H3,(H,17,18). The second-order valence-electron chi connectivity index (χ2n) is 4.12. The Morgan fingerprint density at radius 1 is 1.16 bits per heavy atom. The van der Waals surface area contributed by atoms with Crippen molar-refractivity contribution in [3.8, 4) is 0 Å². The molecule has 3 rings (SSSR count). The number of aromatic nitrogens is 2. The van der Waals surface area contributed by atoms with Gasteiger partial charge < -0.3 is 4.98 Å². The van der Waals surface area contributed by atoms with Gasteiger partial charge in [0.25, 0.3) is 0 Å². The Labute approximate surface area is 115 Å². The van der Waals surface area contributed by atoms with Crippen LogP contribution < -0.4 is 0 Å². The van der Waals surface area contributed by atoms with Crippen molar-refractivity contribution >= 4 is 34.7 Å². The quantitative estimate of drug-likeness (QED) is 0.575. The van der Waals surface area contributed by atoms with Gasteiger partial charge in [-0.1, -0.05) is 42.1 Å². The molecule has 0 amide bonds. The first-order valence-electron chi connectivity index (χ1n) is 5.98. The summed E-state index contributed by atoms with van der Waals surface area (Å²) >= 11 is 1.61. The van der Waals surface area contributed by atoms with Gasteiger partial charge in [0, 0.05) is 6.21 Å². The number of imidazole rings is 1. The minimum absolute atomic E-state index is 0.924. The Morgan fingerprint density at radius 2 is 2.00 bits per heavy atom. The van der Waals surface area contributed by atoms with Gasteiger partial charge in [-0.3, -0.25) is 4.99 Å². The van der Waals surface area contributed by atoms with E-state index in [0.717, 1.165) is 27.4 Å². The van der Waals surface area contributed by atoms with Crippen LogP contribution in [0, 0.1) is 0 Å². The van der Waals surface area contributed by atoms with Crippen molar-refractivity contribution in [2.24, 2.45) is 4.99 Å². The number of nitrogens with zero attached hydrogens (tertiary/aromatic N) is 2. The van der Waals surface area contributed by atoms with Crippen LogP contribution >= 0.6 is 11.8 Å². The molecule has 0 aliphatic carbocycles. The molecule has 0 atom stereocenters. The number of aromatic amines is 1. The van der Waals surface area contributed by atoms with Crippen LogP contribution in [0.5, 0.6) is 0 Å². The highest BCUT2D eigenvalue weighted by Gasteiger charge is 2.01. The van der Waals surface area contributed by atoms with Crippen LogP contribution in [0.3, 0.4) is 0 Å². The third-order valence-corrected chi connectivity index (χ3v) is 3.38. The largest absolute Gasteiger partial charge is 0.333 e. The molecule has 0 saturated heterocycles. The number of hydrogen-bond acceptors (Lipinski definition) is 3. The van der Waals surface area contributed by atoms with Crippen LogP contribution in [0.4, 0.5) is 5.69 Å². The maximum absolute atomic E-state index is 4.48. The molecule has 0 unspecified atom stereocenters. The van der Waals surface area contributed by atoms with Gasteiger partial charge in [0.05, 0.1) is 16.7 Å². The van der Waals surface area contributed by atoms with Gasteiger partial charge in [-0.15, -0.1) is 0 Å². The van der Waals surface area contributed by atoms with Crippen molar-refractivity contribution in [1.82, 2.24) is 9.97 Å². The first-order valence-corrected chi connectivity index (χ1v) is 7.20. The smallest absolute Gasteiger partial charge is 0.166 e. The molecule has 3 aromatic rings. The fourth-order valence-electron chi connectivity index (χ4n) is 1.84. The predicted molar refractivity (Wildman–Crippen MR) is 81.6 cm³/mol. The maximum Gasteiger partial charge on any atom is 0.166 e. The van der Waals surface area contributed by atoms with Crippen molar-refractivity contribution in [2.45, 2.75) is 5.16 Å². The number of hydrogen-bond donors (Lipinski definition) is 1. The summed E-state index contributed by atoms with van der Waals surface area (Å²) < 4.78 is 0. The van der Waals surface area contributed by atoms with Crippen LogP contribution in [-0.2, 0) is 0 Å². The Hall–Kier alpha value is -2.07. The SMILES string of the molecule is CSc1nc2ccc(N=Cc3ccccc3)cc2[nH]1. The molecule has 0 aliphatic rings. The summed E-state index contributed by atoms with van der Waals surface area (Å²) in [5, 5.41) is 0.930. The summed E-state index contributed by atoms with van der Waals surface area (Å²) in [5.41, 5.74) is 4.01. The summed E-state index contributed by atoms with van der Waals surface area (Å²) in [6.45, 7) is 0. The van der Waals surface area contributed by atoms with Gasteiger partial charge in [0.1, 0.15) is 0 Å². The predicted octanol–water partition coefficient (Wildman–Crippen LogP) is 4.04. The number of aliphatic imine (C=N–C) groups is 1. The van der Waals surface area contributed by atoms with E-state index in [0.29, 0.717) is 0 Å². The number of thioether (sulfide) groups is 1. The van der Waals surface area contributed by atoms with Crippen molar-refractivity contribution in [3.05, 3.63) is 54.1 Å². The lowest BCUT2D eigenvalue weighted by Crippen LogP contribution is -1.78. The van der Waals surface area contributed by atoms with Crippen LogP contribution in [0.2, 0.25) is 0 Å². The Morgan fingerprint density at radius 3 is 2.79 bits per heavy atom. The van der Waals surface area contributed by atoms with Crippen LogP contribution in [0.25, 0.3) is 11.0 Å². The Bertz CT molecular complexity index is 717. The van der Waals surface area contributed by atoms with E-state index in [1.165, 1.54) is 0 Å². The third-order valence-electron chi connectivity index (χ3n) is 2.80. The van der Waals surface area contributed by atoms with E-state index in [1.54, 1.807) is 11.8 Å². The van der Waals surface area contributed by atoms with E-state index in [9.17, 15) is 0 Å². The molecule has 0 fully saturated rings. The molecule has 0 radical (unpaired) electrons. The third kappa shape index (κ3) is 2.69. The molecule has 1 N–H and O–H groups in total. The van der Waals surface area contributed by atoms with E-state index in [4.69, 9.17) is 0 Å². The topological polar surface area (TPSA) is 41.0 Å². The van der Waals surface area contributed by atoms with E-state index < -0.39 is 0 Å². The van der Waals surface area contributed by atoms with E-state index in [-0.39, 0.29) is 0 Å². The lowest BCUT2D eigenvalue weighted by Gasteiger charge is -1.94. The second-order valence-corrected chi connectivity index (χ2v) is 4.91. The summed E-state index contributed by atoms with van der Waals surface area (Å²) in [7, 11) is 0. The van der Waals surface area contributed by atoms with Gasteiger partial charge in [-0.25, -0.2) is 4.98 Å². The minimum atomic E-state index is 0.924. The molecule has 19 heavy (non-hydrogen) atoms. The first-order chi connectivity index (χ1) is 9.35. The van der Waals surface area contributed by atoms with Gasteiger partial charge in [-0.05, 0) is 30.0 Å². The first kappa shape index (κ1) is 12.0. The summed E-state index contributed by atoms with van der Waals surface area (Å²) in [5.74, 6) is 0. The zero-order valence-electron chi connectivity index (χ0n) is 10.5. The van der Waals surface area contributed by atoms with E-state index in [1.807, 2.05) is 61.0 Å². The molecule has 0 aliphatic heterocycles. The molecule has 3 nitrogen and oxygen atoms in total.